The molecule has 1 aromatic rings. The van der Waals surface area contributed by atoms with Crippen molar-refractivity contribution in [3.05, 3.63) is 35.9 Å². The SMILES string of the molecule is C.CC(C)(C)[Si](C)(C)OC/C=C\c1ccccc1O. The van der Waals surface area contributed by atoms with Crippen LogP contribution in [0.2, 0.25) is 18.1 Å². The van der Waals surface area contributed by atoms with Crippen molar-refractivity contribution in [3.8, 4) is 5.75 Å². The number of hydrogen-bond donors (Lipinski definition) is 1. The van der Waals surface area contributed by atoms with Crippen LogP contribution in [0.3, 0.4) is 0 Å². The average molecular weight is 280 g/mol. The van der Waals surface area contributed by atoms with Gasteiger partial charge in [-0.1, -0.05) is 58.5 Å². The fourth-order valence-corrected chi connectivity index (χ4v) is 2.22. The maximum atomic E-state index is 9.62. The van der Waals surface area contributed by atoms with Crippen molar-refractivity contribution in [2.45, 2.75) is 46.3 Å². The molecule has 0 amide bonds. The van der Waals surface area contributed by atoms with E-state index in [0.29, 0.717) is 12.4 Å². The van der Waals surface area contributed by atoms with Crippen LogP contribution in [0.15, 0.2) is 30.3 Å². The van der Waals surface area contributed by atoms with Gasteiger partial charge in [0.05, 0.1) is 6.61 Å². The molecule has 3 heteroatoms. The Kier molecular flexibility index (Phi) is 6.53. The molecule has 0 aliphatic carbocycles. The Morgan fingerprint density at radius 2 is 1.79 bits per heavy atom. The smallest absolute Gasteiger partial charge is 0.192 e. The minimum atomic E-state index is -1.67. The molecule has 0 saturated carbocycles. The van der Waals surface area contributed by atoms with Gasteiger partial charge >= 0.3 is 0 Å². The first kappa shape index (κ1) is 17.9. The molecule has 19 heavy (non-hydrogen) atoms. The van der Waals surface area contributed by atoms with E-state index >= 15 is 0 Å². The van der Waals surface area contributed by atoms with Crippen LogP contribution in [0.5, 0.6) is 5.75 Å². The second-order valence-corrected chi connectivity index (χ2v) is 10.8. The van der Waals surface area contributed by atoms with Gasteiger partial charge in [-0.2, -0.15) is 0 Å². The van der Waals surface area contributed by atoms with E-state index in [9.17, 15) is 5.11 Å². The molecule has 1 aromatic carbocycles. The summed E-state index contributed by atoms with van der Waals surface area (Å²) >= 11 is 0. The number of hydrogen-bond acceptors (Lipinski definition) is 2. The first-order valence-electron chi connectivity index (χ1n) is 6.32. The Morgan fingerprint density at radius 1 is 1.21 bits per heavy atom. The molecule has 0 fully saturated rings. The van der Waals surface area contributed by atoms with Crippen molar-refractivity contribution in [2.75, 3.05) is 6.61 Å². The molecule has 108 valence electrons. The van der Waals surface area contributed by atoms with Gasteiger partial charge in [0.2, 0.25) is 0 Å². The molecule has 0 aromatic heterocycles. The van der Waals surface area contributed by atoms with Crippen molar-refractivity contribution < 1.29 is 9.53 Å². The zero-order chi connectivity index (χ0) is 13.8. The molecular formula is C16H28O2Si. The van der Waals surface area contributed by atoms with Crippen molar-refractivity contribution in [2.24, 2.45) is 0 Å². The van der Waals surface area contributed by atoms with Gasteiger partial charge in [-0.15, -0.1) is 0 Å². The largest absolute Gasteiger partial charge is 0.507 e. The fourth-order valence-electron chi connectivity index (χ4n) is 1.28. The number of phenols is 1. The standard InChI is InChI=1S/C15H24O2Si.CH4/c1-15(2,3)18(4,5)17-12-8-10-13-9-6-7-11-14(13)16;/h6-11,16H,12H2,1-5H3;1H4/b10-8-;. The molecule has 0 atom stereocenters. The van der Waals surface area contributed by atoms with E-state index in [1.165, 1.54) is 0 Å². The Morgan fingerprint density at radius 3 is 2.32 bits per heavy atom. The second-order valence-electron chi connectivity index (χ2n) is 6.03. The van der Waals surface area contributed by atoms with Gasteiger partial charge in [0.25, 0.3) is 0 Å². The van der Waals surface area contributed by atoms with Crippen LogP contribution < -0.4 is 0 Å². The van der Waals surface area contributed by atoms with Crippen LogP contribution in [0.25, 0.3) is 6.08 Å². The number of phenolic OH excluding ortho intramolecular Hbond substituents is 1. The molecule has 0 unspecified atom stereocenters. The lowest BCUT2D eigenvalue weighted by Gasteiger charge is -2.35. The third-order valence-electron chi connectivity index (χ3n) is 3.58. The highest BCUT2D eigenvalue weighted by atomic mass is 28.4. The van der Waals surface area contributed by atoms with Gasteiger partial charge < -0.3 is 9.53 Å². The predicted octanol–water partition coefficient (Wildman–Crippen LogP) is 5.06. The molecule has 2 nitrogen and oxygen atoms in total. The second kappa shape index (κ2) is 6.92. The zero-order valence-corrected chi connectivity index (χ0v) is 13.0. The number of rotatable bonds is 4. The lowest BCUT2D eigenvalue weighted by Crippen LogP contribution is -2.40. The summed E-state index contributed by atoms with van der Waals surface area (Å²) in [5.74, 6) is 0.307. The number of aromatic hydroxyl groups is 1. The molecule has 0 saturated heterocycles. The third kappa shape index (κ3) is 5.21. The van der Waals surface area contributed by atoms with E-state index in [0.717, 1.165) is 5.56 Å². The number of benzene rings is 1. The highest BCUT2D eigenvalue weighted by molar-refractivity contribution is 6.74. The van der Waals surface area contributed by atoms with Crippen LogP contribution in [-0.2, 0) is 4.43 Å². The summed E-state index contributed by atoms with van der Waals surface area (Å²) in [5, 5.41) is 9.85. The summed E-state index contributed by atoms with van der Waals surface area (Å²) in [6.45, 7) is 11.8. The van der Waals surface area contributed by atoms with Crippen molar-refractivity contribution in [1.29, 1.82) is 0 Å². The Labute approximate surface area is 119 Å². The van der Waals surface area contributed by atoms with E-state index in [1.807, 2.05) is 30.4 Å². The van der Waals surface area contributed by atoms with Crippen molar-refractivity contribution in [3.63, 3.8) is 0 Å². The first-order valence-corrected chi connectivity index (χ1v) is 9.23. The summed E-state index contributed by atoms with van der Waals surface area (Å²) in [4.78, 5) is 0. The van der Waals surface area contributed by atoms with Gasteiger partial charge in [0.1, 0.15) is 5.75 Å². The minimum Gasteiger partial charge on any atom is -0.507 e. The molecule has 0 aliphatic rings. The summed E-state index contributed by atoms with van der Waals surface area (Å²) in [6.07, 6.45) is 3.87. The first-order chi connectivity index (χ1) is 8.24. The van der Waals surface area contributed by atoms with E-state index in [-0.39, 0.29) is 12.5 Å². The molecular weight excluding hydrogens is 252 g/mol. The highest BCUT2D eigenvalue weighted by Gasteiger charge is 2.36. The quantitative estimate of drug-likeness (QED) is 0.781. The van der Waals surface area contributed by atoms with Crippen molar-refractivity contribution >= 4 is 14.4 Å². The summed E-state index contributed by atoms with van der Waals surface area (Å²) in [6, 6.07) is 7.30. The maximum absolute atomic E-state index is 9.62. The molecule has 0 heterocycles. The summed E-state index contributed by atoms with van der Waals surface area (Å²) in [5.41, 5.74) is 0.830. The van der Waals surface area contributed by atoms with Gasteiger partial charge in [0, 0.05) is 5.56 Å². The van der Waals surface area contributed by atoms with Crippen LogP contribution in [0, 0.1) is 0 Å². The third-order valence-corrected chi connectivity index (χ3v) is 8.08. The van der Waals surface area contributed by atoms with E-state index in [2.05, 4.69) is 33.9 Å². The van der Waals surface area contributed by atoms with Crippen LogP contribution in [0.4, 0.5) is 0 Å². The van der Waals surface area contributed by atoms with Crippen LogP contribution in [0.1, 0.15) is 33.8 Å². The molecule has 1 N–H and O–H groups in total. The van der Waals surface area contributed by atoms with Gasteiger partial charge in [-0.3, -0.25) is 0 Å². The summed E-state index contributed by atoms with van der Waals surface area (Å²) < 4.78 is 6.03. The maximum Gasteiger partial charge on any atom is 0.192 e. The lowest BCUT2D eigenvalue weighted by atomic mass is 10.2. The Balaban J connectivity index is 0.00000324. The van der Waals surface area contributed by atoms with E-state index in [4.69, 9.17) is 4.43 Å². The monoisotopic (exact) mass is 280 g/mol. The Bertz CT molecular complexity index is 417. The molecule has 1 rings (SSSR count). The molecule has 0 radical (unpaired) electrons. The van der Waals surface area contributed by atoms with Gasteiger partial charge in [-0.25, -0.2) is 0 Å². The fraction of sp³-hybridized carbons (Fsp3) is 0.500. The van der Waals surface area contributed by atoms with Gasteiger partial charge in [-0.05, 0) is 24.2 Å². The molecule has 0 bridgehead atoms. The van der Waals surface area contributed by atoms with E-state index < -0.39 is 8.32 Å². The summed E-state index contributed by atoms with van der Waals surface area (Å²) in [7, 11) is -1.67. The van der Waals surface area contributed by atoms with Crippen LogP contribution in [-0.4, -0.2) is 20.0 Å². The molecule has 0 spiro atoms. The van der Waals surface area contributed by atoms with Crippen LogP contribution >= 0.6 is 0 Å². The molecule has 0 aliphatic heterocycles. The van der Waals surface area contributed by atoms with Crippen molar-refractivity contribution in [1.82, 2.24) is 0 Å². The number of para-hydroxylation sites is 1. The average Bonchev–Trinajstić information content (AvgIpc) is 2.25. The zero-order valence-electron chi connectivity index (χ0n) is 12.0. The normalized spacial score (nSPS) is 12.5. The predicted molar refractivity (Wildman–Crippen MR) is 87.0 cm³/mol. The minimum absolute atomic E-state index is 0. The highest BCUT2D eigenvalue weighted by Crippen LogP contribution is 2.36. The van der Waals surface area contributed by atoms with E-state index in [1.54, 1.807) is 6.07 Å². The lowest BCUT2D eigenvalue weighted by molar-refractivity contribution is 0.328. The Hall–Kier alpha value is -1.06. The van der Waals surface area contributed by atoms with Gasteiger partial charge in [0.15, 0.2) is 8.32 Å². The topological polar surface area (TPSA) is 29.5 Å².